The van der Waals surface area contributed by atoms with Gasteiger partial charge in [-0.2, -0.15) is 0 Å². The third kappa shape index (κ3) is 3.16. The van der Waals surface area contributed by atoms with E-state index in [1.807, 2.05) is 13.8 Å². The van der Waals surface area contributed by atoms with Gasteiger partial charge in [0.15, 0.2) is 0 Å². The number of dihydropyridines is 1. The lowest BCUT2D eigenvalue weighted by atomic mass is 9.78. The first-order chi connectivity index (χ1) is 11.8. The first-order valence-corrected chi connectivity index (χ1v) is 8.28. The highest BCUT2D eigenvalue weighted by atomic mass is 19.1. The largest absolute Gasteiger partial charge is 0.478 e. The van der Waals surface area contributed by atoms with E-state index in [-0.39, 0.29) is 23.0 Å². The molecule has 0 aromatic heterocycles. The van der Waals surface area contributed by atoms with Gasteiger partial charge in [-0.3, -0.25) is 0 Å². The molecule has 1 aliphatic heterocycles. The predicted octanol–water partition coefficient (Wildman–Crippen LogP) is 3.26. The maximum Gasteiger partial charge on any atom is 0.334 e. The summed E-state index contributed by atoms with van der Waals surface area (Å²) in [6, 6.07) is 5.36. The summed E-state index contributed by atoms with van der Waals surface area (Å²) in [5.74, 6) is -3.70. The zero-order valence-electron chi connectivity index (χ0n) is 14.0. The maximum absolute atomic E-state index is 13.3. The molecule has 0 saturated heterocycles. The Labute approximate surface area is 144 Å². The number of allylic oxidation sites excluding steroid dienone is 2. The van der Waals surface area contributed by atoms with Gasteiger partial charge in [-0.1, -0.05) is 26.0 Å². The number of halogens is 1. The highest BCUT2D eigenvalue weighted by Gasteiger charge is 2.43. The van der Waals surface area contributed by atoms with E-state index in [4.69, 9.17) is 0 Å². The molecule has 1 saturated carbocycles. The van der Waals surface area contributed by atoms with Crippen LogP contribution in [0.2, 0.25) is 0 Å². The topological polar surface area (TPSA) is 86.6 Å². The molecular formula is C19H20FNO4. The van der Waals surface area contributed by atoms with Crippen molar-refractivity contribution in [2.24, 2.45) is 11.8 Å². The number of hydrogen-bond acceptors (Lipinski definition) is 3. The van der Waals surface area contributed by atoms with Crippen LogP contribution in [0.25, 0.3) is 0 Å². The SMILES string of the molecule is CC(C)C1=C(C(=O)O)C(c2ccc(F)cc2)C(C(=O)O)=C(C2CC2)N1. The van der Waals surface area contributed by atoms with Crippen LogP contribution in [0.4, 0.5) is 4.39 Å². The number of carboxylic acid groups (broad SMARTS) is 2. The summed E-state index contributed by atoms with van der Waals surface area (Å²) in [5.41, 5.74) is 1.65. The van der Waals surface area contributed by atoms with E-state index < -0.39 is 23.7 Å². The molecule has 0 bridgehead atoms. The molecule has 3 N–H and O–H groups in total. The molecule has 0 spiro atoms. The molecule has 1 fully saturated rings. The summed E-state index contributed by atoms with van der Waals surface area (Å²) in [6.45, 7) is 3.73. The van der Waals surface area contributed by atoms with Gasteiger partial charge in [0.05, 0.1) is 17.1 Å². The van der Waals surface area contributed by atoms with Crippen LogP contribution in [-0.2, 0) is 9.59 Å². The second kappa shape index (κ2) is 6.35. The zero-order chi connectivity index (χ0) is 18.3. The van der Waals surface area contributed by atoms with E-state index in [1.165, 1.54) is 24.3 Å². The normalized spacial score (nSPS) is 20.7. The summed E-state index contributed by atoms with van der Waals surface area (Å²) >= 11 is 0. The molecule has 1 unspecified atom stereocenters. The third-order valence-electron chi connectivity index (χ3n) is 4.65. The lowest BCUT2D eigenvalue weighted by Gasteiger charge is -2.33. The van der Waals surface area contributed by atoms with Gasteiger partial charge in [0.2, 0.25) is 0 Å². The Morgan fingerprint density at radius 3 is 2.08 bits per heavy atom. The summed E-state index contributed by atoms with van der Waals surface area (Å²) < 4.78 is 13.3. The first-order valence-electron chi connectivity index (χ1n) is 8.28. The standard InChI is InChI=1S/C19H20FNO4/c1-9(2)16-14(18(22)23)13(10-5-7-12(20)8-6-10)15(19(24)25)17(21-16)11-3-4-11/h5-9,11,13,21H,3-4H2,1-2H3,(H,22,23)(H,24,25). The second-order valence-corrected chi connectivity index (χ2v) is 6.80. The van der Waals surface area contributed by atoms with Crippen molar-refractivity contribution in [3.63, 3.8) is 0 Å². The smallest absolute Gasteiger partial charge is 0.334 e. The molecule has 1 heterocycles. The van der Waals surface area contributed by atoms with Crippen molar-refractivity contribution >= 4 is 11.9 Å². The summed E-state index contributed by atoms with van der Waals surface area (Å²) in [5, 5.41) is 22.7. The average molecular weight is 345 g/mol. The van der Waals surface area contributed by atoms with Crippen LogP contribution in [0.3, 0.4) is 0 Å². The molecule has 1 aromatic rings. The fraction of sp³-hybridized carbons (Fsp3) is 0.368. The number of hydrogen-bond donors (Lipinski definition) is 3. The summed E-state index contributed by atoms with van der Waals surface area (Å²) in [7, 11) is 0. The quantitative estimate of drug-likeness (QED) is 0.762. The van der Waals surface area contributed by atoms with Crippen LogP contribution in [-0.4, -0.2) is 22.2 Å². The molecule has 2 aliphatic rings. The van der Waals surface area contributed by atoms with Crippen LogP contribution >= 0.6 is 0 Å². The number of nitrogens with one attached hydrogen (secondary N) is 1. The van der Waals surface area contributed by atoms with E-state index in [1.54, 1.807) is 0 Å². The Balaban J connectivity index is 2.25. The van der Waals surface area contributed by atoms with Crippen LogP contribution in [0.5, 0.6) is 0 Å². The number of carbonyl (C=O) groups is 2. The molecular weight excluding hydrogens is 325 g/mol. The minimum absolute atomic E-state index is 0.0170. The van der Waals surface area contributed by atoms with Crippen molar-refractivity contribution in [3.8, 4) is 0 Å². The Hall–Kier alpha value is -2.63. The maximum atomic E-state index is 13.3. The summed E-state index contributed by atoms with van der Waals surface area (Å²) in [4.78, 5) is 24.0. The second-order valence-electron chi connectivity index (χ2n) is 6.80. The summed E-state index contributed by atoms with van der Waals surface area (Å²) in [6.07, 6.45) is 1.76. The van der Waals surface area contributed by atoms with E-state index in [0.29, 0.717) is 17.0 Å². The molecule has 0 amide bonds. The fourth-order valence-electron chi connectivity index (χ4n) is 3.35. The molecule has 1 atom stereocenters. The molecule has 25 heavy (non-hydrogen) atoms. The fourth-order valence-corrected chi connectivity index (χ4v) is 3.35. The van der Waals surface area contributed by atoms with E-state index >= 15 is 0 Å². The first kappa shape index (κ1) is 17.2. The minimum Gasteiger partial charge on any atom is -0.478 e. The minimum atomic E-state index is -1.17. The van der Waals surface area contributed by atoms with Crippen molar-refractivity contribution in [1.82, 2.24) is 5.32 Å². The Bertz CT molecular complexity index is 752. The Morgan fingerprint density at radius 2 is 1.64 bits per heavy atom. The molecule has 3 rings (SSSR count). The van der Waals surface area contributed by atoms with Gasteiger partial charge >= 0.3 is 11.9 Å². The lowest BCUT2D eigenvalue weighted by Crippen LogP contribution is -2.35. The van der Waals surface area contributed by atoms with Gasteiger partial charge in [-0.15, -0.1) is 0 Å². The van der Waals surface area contributed by atoms with Crippen molar-refractivity contribution in [2.75, 3.05) is 0 Å². The van der Waals surface area contributed by atoms with E-state index in [2.05, 4.69) is 5.32 Å². The van der Waals surface area contributed by atoms with Crippen LogP contribution < -0.4 is 5.32 Å². The predicted molar refractivity (Wildman–Crippen MR) is 89.2 cm³/mol. The van der Waals surface area contributed by atoms with Crippen molar-refractivity contribution in [3.05, 3.63) is 58.2 Å². The van der Waals surface area contributed by atoms with E-state index in [0.717, 1.165) is 12.8 Å². The number of benzene rings is 1. The van der Waals surface area contributed by atoms with Gasteiger partial charge in [-0.05, 0) is 42.4 Å². The van der Waals surface area contributed by atoms with Gasteiger partial charge < -0.3 is 15.5 Å². The van der Waals surface area contributed by atoms with E-state index in [9.17, 15) is 24.2 Å². The molecule has 5 nitrogen and oxygen atoms in total. The Morgan fingerprint density at radius 1 is 1.08 bits per heavy atom. The molecule has 6 heteroatoms. The highest BCUT2D eigenvalue weighted by molar-refractivity contribution is 5.98. The van der Waals surface area contributed by atoms with Crippen molar-refractivity contribution in [1.29, 1.82) is 0 Å². The Kier molecular flexibility index (Phi) is 4.37. The molecule has 132 valence electrons. The van der Waals surface area contributed by atoms with Crippen LogP contribution in [0.1, 0.15) is 38.2 Å². The number of aliphatic carboxylic acids is 2. The average Bonchev–Trinajstić information content (AvgIpc) is 3.38. The van der Waals surface area contributed by atoms with Crippen LogP contribution in [0.15, 0.2) is 46.8 Å². The number of carboxylic acids is 2. The third-order valence-corrected chi connectivity index (χ3v) is 4.65. The highest BCUT2D eigenvalue weighted by Crippen LogP contribution is 2.46. The molecule has 1 aliphatic carbocycles. The van der Waals surface area contributed by atoms with Gasteiger partial charge in [0.1, 0.15) is 5.82 Å². The zero-order valence-corrected chi connectivity index (χ0v) is 14.0. The molecule has 0 radical (unpaired) electrons. The lowest BCUT2D eigenvalue weighted by molar-refractivity contribution is -0.133. The monoisotopic (exact) mass is 345 g/mol. The van der Waals surface area contributed by atoms with Crippen LogP contribution in [0, 0.1) is 17.7 Å². The van der Waals surface area contributed by atoms with Gasteiger partial charge in [0.25, 0.3) is 0 Å². The van der Waals surface area contributed by atoms with Gasteiger partial charge in [-0.25, -0.2) is 14.0 Å². The number of rotatable bonds is 5. The van der Waals surface area contributed by atoms with Crippen molar-refractivity contribution in [2.45, 2.75) is 32.6 Å². The molecule has 1 aromatic carbocycles. The van der Waals surface area contributed by atoms with Gasteiger partial charge in [0, 0.05) is 11.4 Å². The van der Waals surface area contributed by atoms with Crippen molar-refractivity contribution < 1.29 is 24.2 Å².